The summed E-state index contributed by atoms with van der Waals surface area (Å²) in [4.78, 5) is 21.5. The van der Waals surface area contributed by atoms with Crippen molar-refractivity contribution < 1.29 is 23.9 Å². The van der Waals surface area contributed by atoms with Crippen LogP contribution in [0, 0.1) is 5.82 Å². The van der Waals surface area contributed by atoms with Crippen molar-refractivity contribution in [2.75, 3.05) is 6.79 Å². The number of carbonyl (C=O) groups excluding carboxylic acids is 1. The summed E-state index contributed by atoms with van der Waals surface area (Å²) < 4.78 is 19.0. The van der Waals surface area contributed by atoms with E-state index in [-0.39, 0.29) is 28.6 Å². The average molecular weight is 523 g/mol. The van der Waals surface area contributed by atoms with Crippen LogP contribution in [0.15, 0.2) is 51.8 Å². The number of rotatable bonds is 7. The smallest absolute Gasteiger partial charge is 0.407 e. The molecule has 3 rings (SSSR count). The number of nitrogens with one attached hydrogen (secondary N) is 2. The van der Waals surface area contributed by atoms with E-state index in [1.807, 2.05) is 20.8 Å². The number of amidine groups is 1. The van der Waals surface area contributed by atoms with Crippen molar-refractivity contribution in [2.45, 2.75) is 64.1 Å². The standard InChI is InChI=1S/C24H32ClFN6O4/c1-14-21(29-16-6-8-17(9-7-16)30-23(34)36-24(2,3)4)18(12-28-32(14)35-13-33)22(27)31-20-11-15(26)5-10-19(20)25/h5,10-12,16-17,29,33H,1,6-9,13H2,2-4H3,(H2,27,31)(H,30,34)/t16-,17-. The molecule has 196 valence electrons. The first-order valence-electron chi connectivity index (χ1n) is 11.5. The maximum atomic E-state index is 13.7. The molecule has 36 heavy (non-hydrogen) atoms. The van der Waals surface area contributed by atoms with Gasteiger partial charge in [-0.05, 0) is 58.6 Å². The van der Waals surface area contributed by atoms with E-state index < -0.39 is 24.3 Å². The average Bonchev–Trinajstić information content (AvgIpc) is 2.79. The van der Waals surface area contributed by atoms with Gasteiger partial charge in [-0.3, -0.25) is 0 Å². The third-order valence-electron chi connectivity index (χ3n) is 5.48. The van der Waals surface area contributed by atoms with Gasteiger partial charge in [0.15, 0.2) is 6.79 Å². The molecular weight excluding hydrogens is 491 g/mol. The Morgan fingerprint density at radius 2 is 2.00 bits per heavy atom. The second-order valence-corrected chi connectivity index (χ2v) is 9.85. The second kappa shape index (κ2) is 11.7. The van der Waals surface area contributed by atoms with Gasteiger partial charge in [0.2, 0.25) is 0 Å². The van der Waals surface area contributed by atoms with E-state index in [0.29, 0.717) is 17.0 Å². The first-order valence-corrected chi connectivity index (χ1v) is 11.9. The van der Waals surface area contributed by atoms with Gasteiger partial charge in [-0.1, -0.05) is 18.2 Å². The molecular formula is C24H32ClFN6O4. The number of ether oxygens (including phenoxy) is 1. The molecule has 1 saturated carbocycles. The van der Waals surface area contributed by atoms with Crippen LogP contribution in [0.4, 0.5) is 14.9 Å². The highest BCUT2D eigenvalue weighted by Crippen LogP contribution is 2.28. The first-order chi connectivity index (χ1) is 17.0. The fourth-order valence-corrected chi connectivity index (χ4v) is 4.00. The van der Waals surface area contributed by atoms with Crippen LogP contribution in [0.5, 0.6) is 0 Å². The number of nitrogens with two attached hydrogens (primary N) is 1. The van der Waals surface area contributed by atoms with Crippen molar-refractivity contribution in [3.05, 3.63) is 52.6 Å². The Morgan fingerprint density at radius 3 is 2.64 bits per heavy atom. The zero-order chi connectivity index (χ0) is 26.5. The number of aliphatic hydroxyl groups is 1. The van der Waals surface area contributed by atoms with E-state index in [1.54, 1.807) is 0 Å². The van der Waals surface area contributed by atoms with E-state index in [0.717, 1.165) is 30.9 Å². The van der Waals surface area contributed by atoms with Crippen molar-refractivity contribution in [3.8, 4) is 0 Å². The molecule has 1 aliphatic carbocycles. The fraction of sp³-hybridized carbons (Fsp3) is 0.458. The molecule has 2 aliphatic rings. The summed E-state index contributed by atoms with van der Waals surface area (Å²) in [6.45, 7) is 8.86. The Balaban J connectivity index is 1.76. The van der Waals surface area contributed by atoms with Crippen molar-refractivity contribution in [1.29, 1.82) is 0 Å². The summed E-state index contributed by atoms with van der Waals surface area (Å²) >= 11 is 6.14. The zero-order valence-corrected chi connectivity index (χ0v) is 21.3. The molecule has 1 fully saturated rings. The second-order valence-electron chi connectivity index (χ2n) is 9.44. The summed E-state index contributed by atoms with van der Waals surface area (Å²) in [6.07, 6.45) is 3.94. The Bertz CT molecular complexity index is 1080. The number of alkyl carbamates (subject to hydrolysis) is 1. The molecule has 0 saturated heterocycles. The Labute approximate surface area is 214 Å². The van der Waals surface area contributed by atoms with Gasteiger partial charge < -0.3 is 26.2 Å². The highest BCUT2D eigenvalue weighted by atomic mass is 35.5. The topological polar surface area (TPSA) is 134 Å². The molecule has 0 spiro atoms. The van der Waals surface area contributed by atoms with Crippen molar-refractivity contribution >= 4 is 35.4 Å². The van der Waals surface area contributed by atoms with Gasteiger partial charge in [0, 0.05) is 18.2 Å². The minimum Gasteiger partial charge on any atom is -0.444 e. The lowest BCUT2D eigenvalue weighted by molar-refractivity contribution is -0.186. The lowest BCUT2D eigenvalue weighted by Crippen LogP contribution is -2.45. The summed E-state index contributed by atoms with van der Waals surface area (Å²) in [6, 6.07) is 3.82. The van der Waals surface area contributed by atoms with E-state index in [2.05, 4.69) is 27.3 Å². The van der Waals surface area contributed by atoms with Crippen LogP contribution in [0.2, 0.25) is 5.02 Å². The summed E-state index contributed by atoms with van der Waals surface area (Å²) in [5.74, 6) is -0.460. The largest absolute Gasteiger partial charge is 0.444 e. The SMILES string of the molecule is C=C1C(N[C@H]2CC[C@H](NC(=O)OC(C)(C)C)CC2)=C(/C(N)=N/c2cc(F)ccc2Cl)C=NN1OCO. The highest BCUT2D eigenvalue weighted by molar-refractivity contribution is 6.33. The number of nitrogens with zero attached hydrogens (tertiary/aromatic N) is 3. The minimum atomic E-state index is -0.608. The number of hydrazone groups is 1. The molecule has 1 aromatic carbocycles. The minimum absolute atomic E-state index is 0.00144. The monoisotopic (exact) mass is 522 g/mol. The van der Waals surface area contributed by atoms with Gasteiger partial charge in [-0.2, -0.15) is 5.10 Å². The van der Waals surface area contributed by atoms with Crippen LogP contribution >= 0.6 is 11.6 Å². The molecule has 12 heteroatoms. The van der Waals surface area contributed by atoms with Gasteiger partial charge in [0.1, 0.15) is 23.0 Å². The lowest BCUT2D eigenvalue weighted by Gasteiger charge is -2.34. The molecule has 0 atom stereocenters. The number of halogens is 2. The molecule has 0 aromatic heterocycles. The molecule has 0 unspecified atom stereocenters. The number of carbonyl (C=O) groups is 1. The normalized spacial score (nSPS) is 21.0. The number of hydrogen-bond donors (Lipinski definition) is 4. The predicted octanol–water partition coefficient (Wildman–Crippen LogP) is 3.84. The van der Waals surface area contributed by atoms with Gasteiger partial charge in [-0.25, -0.2) is 19.0 Å². The maximum absolute atomic E-state index is 13.7. The molecule has 0 bridgehead atoms. The molecule has 5 N–H and O–H groups in total. The molecule has 1 amide bonds. The molecule has 10 nitrogen and oxygen atoms in total. The Hall–Kier alpha value is -3.15. The van der Waals surface area contributed by atoms with Gasteiger partial charge in [0.25, 0.3) is 0 Å². The van der Waals surface area contributed by atoms with Crippen molar-refractivity contribution in [3.63, 3.8) is 0 Å². The van der Waals surface area contributed by atoms with Crippen LogP contribution in [-0.2, 0) is 9.57 Å². The van der Waals surface area contributed by atoms with Crippen molar-refractivity contribution in [2.24, 2.45) is 15.8 Å². The quantitative estimate of drug-likeness (QED) is 0.243. The van der Waals surface area contributed by atoms with Gasteiger partial charge in [-0.15, -0.1) is 5.17 Å². The van der Waals surface area contributed by atoms with Crippen LogP contribution in [0.3, 0.4) is 0 Å². The number of aliphatic hydroxyl groups excluding tert-OH is 1. The number of hydroxylamine groups is 1. The predicted molar refractivity (Wildman–Crippen MR) is 136 cm³/mol. The van der Waals surface area contributed by atoms with Gasteiger partial charge in [0.05, 0.1) is 28.2 Å². The third-order valence-corrected chi connectivity index (χ3v) is 5.80. The molecule has 1 heterocycles. The van der Waals surface area contributed by atoms with Crippen LogP contribution in [-0.4, -0.2) is 52.9 Å². The Kier molecular flexibility index (Phi) is 8.93. The summed E-state index contributed by atoms with van der Waals surface area (Å²) in [7, 11) is 0. The van der Waals surface area contributed by atoms with E-state index in [1.165, 1.54) is 24.4 Å². The summed E-state index contributed by atoms with van der Waals surface area (Å²) in [5, 5.41) is 20.9. The van der Waals surface area contributed by atoms with Crippen LogP contribution in [0.1, 0.15) is 46.5 Å². The van der Waals surface area contributed by atoms with E-state index >= 15 is 0 Å². The van der Waals surface area contributed by atoms with Crippen molar-refractivity contribution in [1.82, 2.24) is 15.8 Å². The highest BCUT2D eigenvalue weighted by Gasteiger charge is 2.29. The number of amides is 1. The number of benzene rings is 1. The van der Waals surface area contributed by atoms with E-state index in [4.69, 9.17) is 26.9 Å². The zero-order valence-electron chi connectivity index (χ0n) is 20.6. The van der Waals surface area contributed by atoms with Gasteiger partial charge >= 0.3 is 6.09 Å². The fourth-order valence-electron chi connectivity index (χ4n) is 3.84. The Morgan fingerprint density at radius 1 is 1.33 bits per heavy atom. The molecule has 1 aromatic rings. The number of aliphatic imine (C=N–C) groups is 1. The van der Waals surface area contributed by atoms with Crippen LogP contribution in [0.25, 0.3) is 0 Å². The maximum Gasteiger partial charge on any atom is 0.407 e. The number of hydrogen-bond acceptors (Lipinski definition) is 8. The summed E-state index contributed by atoms with van der Waals surface area (Å²) in [5.41, 5.74) is 7.09. The molecule has 1 aliphatic heterocycles. The molecule has 0 radical (unpaired) electrons. The third kappa shape index (κ3) is 7.42. The van der Waals surface area contributed by atoms with E-state index in [9.17, 15) is 14.3 Å². The lowest BCUT2D eigenvalue weighted by atomic mass is 9.90. The van der Waals surface area contributed by atoms with Crippen LogP contribution < -0.4 is 16.4 Å². The first kappa shape index (κ1) is 27.4.